The Morgan fingerprint density at radius 2 is 1.40 bits per heavy atom. The zero-order chi connectivity index (χ0) is 30.8. The van der Waals surface area contributed by atoms with Gasteiger partial charge in [0, 0.05) is 58.8 Å². The third-order valence-corrected chi connectivity index (χ3v) is 6.66. The second kappa shape index (κ2) is 15.1. The average Bonchev–Trinajstić information content (AvgIpc) is 2.82. The maximum absolute atomic E-state index is 12.7. The predicted octanol–water partition coefficient (Wildman–Crippen LogP) is 2.02. The molecule has 0 heterocycles. The number of ether oxygens (including phenoxy) is 5. The standard InChI is InChI=1S/C26H37NO13/c1-14-11-21(26(27(34)35,9-8-10-28)12-15(14)2)23(38-18(5)31)25(40-20(7)33)24(39-19(6)32)22(37-17(4)30)13-36-16(3)29/h10,21-25H,8-9,11-13H2,1-7H3/t21-,22-,23-,24-,25-,26-/m1/s1. The van der Waals surface area contributed by atoms with Crippen molar-refractivity contribution in [2.45, 2.75) is 104 Å². The van der Waals surface area contributed by atoms with E-state index in [4.69, 9.17) is 23.7 Å². The van der Waals surface area contributed by atoms with E-state index in [1.165, 1.54) is 0 Å². The largest absolute Gasteiger partial charge is 0.462 e. The number of esters is 5. The van der Waals surface area contributed by atoms with Gasteiger partial charge in [-0.2, -0.15) is 0 Å². The van der Waals surface area contributed by atoms with E-state index in [2.05, 4.69) is 0 Å². The Morgan fingerprint density at radius 3 is 1.85 bits per heavy atom. The molecule has 40 heavy (non-hydrogen) atoms. The molecule has 0 fully saturated rings. The summed E-state index contributed by atoms with van der Waals surface area (Å²) in [5.74, 6) is -5.61. The zero-order valence-corrected chi connectivity index (χ0v) is 23.8. The molecular weight excluding hydrogens is 534 g/mol. The van der Waals surface area contributed by atoms with Gasteiger partial charge in [0.2, 0.25) is 5.54 Å². The van der Waals surface area contributed by atoms with Gasteiger partial charge in [0.25, 0.3) is 0 Å². The quantitative estimate of drug-likeness (QED) is 0.0735. The van der Waals surface area contributed by atoms with E-state index >= 15 is 0 Å². The van der Waals surface area contributed by atoms with E-state index in [1.54, 1.807) is 13.8 Å². The van der Waals surface area contributed by atoms with Crippen LogP contribution in [0.5, 0.6) is 0 Å². The van der Waals surface area contributed by atoms with Crippen LogP contribution >= 0.6 is 0 Å². The van der Waals surface area contributed by atoms with Crippen molar-refractivity contribution in [3.8, 4) is 0 Å². The van der Waals surface area contributed by atoms with Crippen LogP contribution in [0.4, 0.5) is 0 Å². The molecule has 1 aliphatic rings. The number of nitrogens with zero attached hydrogens (tertiary/aromatic N) is 1. The van der Waals surface area contributed by atoms with E-state index in [0.717, 1.165) is 40.2 Å². The van der Waals surface area contributed by atoms with Crippen LogP contribution in [0.1, 0.15) is 74.1 Å². The lowest BCUT2D eigenvalue weighted by atomic mass is 9.65. The molecule has 14 nitrogen and oxygen atoms in total. The molecule has 6 atom stereocenters. The Kier molecular flexibility index (Phi) is 12.9. The highest BCUT2D eigenvalue weighted by atomic mass is 16.6. The SMILES string of the molecule is CC(=O)OC[C@@H](OC(C)=O)[C@@H](OC(C)=O)[C@H](OC(C)=O)[C@H](OC(C)=O)[C@H]1CC(C)=C(C)C[C@@]1(CCC=O)[N+](=O)[O-]. The normalized spacial score (nSPS) is 21.6. The molecule has 1 rings (SSSR count). The number of carbonyl (C=O) groups is 6. The van der Waals surface area contributed by atoms with E-state index in [0.29, 0.717) is 11.9 Å². The summed E-state index contributed by atoms with van der Waals surface area (Å²) < 4.78 is 26.7. The lowest BCUT2D eigenvalue weighted by Gasteiger charge is -2.44. The molecule has 224 valence electrons. The van der Waals surface area contributed by atoms with Crippen LogP contribution in [0, 0.1) is 16.0 Å². The molecule has 0 saturated heterocycles. The van der Waals surface area contributed by atoms with Gasteiger partial charge in [0.15, 0.2) is 24.4 Å². The summed E-state index contributed by atoms with van der Waals surface area (Å²) in [6, 6.07) is 0. The molecule has 0 amide bonds. The first-order valence-electron chi connectivity index (χ1n) is 12.6. The lowest BCUT2D eigenvalue weighted by Crippen LogP contribution is -2.61. The smallest absolute Gasteiger partial charge is 0.303 e. The fraction of sp³-hybridized carbons (Fsp3) is 0.692. The molecule has 0 aromatic rings. The average molecular weight is 572 g/mol. The van der Waals surface area contributed by atoms with Crippen molar-refractivity contribution in [1.82, 2.24) is 0 Å². The van der Waals surface area contributed by atoms with Gasteiger partial charge in [-0.05, 0) is 20.3 Å². The van der Waals surface area contributed by atoms with Gasteiger partial charge in [-0.25, -0.2) is 0 Å². The maximum atomic E-state index is 12.7. The Morgan fingerprint density at radius 1 is 0.875 bits per heavy atom. The monoisotopic (exact) mass is 571 g/mol. The summed E-state index contributed by atoms with van der Waals surface area (Å²) >= 11 is 0. The molecule has 1 aliphatic carbocycles. The van der Waals surface area contributed by atoms with Crippen molar-refractivity contribution in [3.05, 3.63) is 21.3 Å². The first-order valence-corrected chi connectivity index (χ1v) is 12.6. The number of hydrogen-bond donors (Lipinski definition) is 0. The maximum Gasteiger partial charge on any atom is 0.303 e. The van der Waals surface area contributed by atoms with Crippen molar-refractivity contribution in [2.24, 2.45) is 5.92 Å². The molecule has 0 aromatic carbocycles. The predicted molar refractivity (Wildman–Crippen MR) is 135 cm³/mol. The van der Waals surface area contributed by atoms with E-state index in [1.807, 2.05) is 0 Å². The molecule has 0 aliphatic heterocycles. The van der Waals surface area contributed by atoms with Gasteiger partial charge in [0.1, 0.15) is 12.9 Å². The number of aldehydes is 1. The van der Waals surface area contributed by atoms with E-state index in [-0.39, 0.29) is 25.7 Å². The van der Waals surface area contributed by atoms with Crippen LogP contribution in [-0.2, 0) is 52.5 Å². The Hall–Kier alpha value is -3.84. The molecule has 0 radical (unpaired) electrons. The fourth-order valence-corrected chi connectivity index (χ4v) is 4.97. The number of hydrogen-bond acceptors (Lipinski definition) is 13. The van der Waals surface area contributed by atoms with Crippen molar-refractivity contribution in [2.75, 3.05) is 6.61 Å². The summed E-state index contributed by atoms with van der Waals surface area (Å²) in [5.41, 5.74) is -0.405. The number of carbonyl (C=O) groups excluding carboxylic acids is 6. The molecule has 0 spiro atoms. The van der Waals surface area contributed by atoms with Crippen LogP contribution in [0.2, 0.25) is 0 Å². The highest BCUT2D eigenvalue weighted by molar-refractivity contribution is 5.69. The minimum absolute atomic E-state index is 0.00362. The number of allylic oxidation sites excluding steroid dienone is 1. The Labute approximate surface area is 231 Å². The van der Waals surface area contributed by atoms with Crippen LogP contribution < -0.4 is 0 Å². The summed E-state index contributed by atoms with van der Waals surface area (Å²) in [5, 5.41) is 12.7. The Balaban J connectivity index is 3.96. The molecular formula is C26H37NO13. The molecule has 0 bridgehead atoms. The third-order valence-electron chi connectivity index (χ3n) is 6.66. The van der Waals surface area contributed by atoms with Crippen LogP contribution in [0.15, 0.2) is 11.1 Å². The minimum Gasteiger partial charge on any atom is -0.462 e. The summed E-state index contributed by atoms with van der Waals surface area (Å²) in [7, 11) is 0. The van der Waals surface area contributed by atoms with Gasteiger partial charge in [-0.3, -0.25) is 34.1 Å². The number of nitro groups is 1. The summed E-state index contributed by atoms with van der Waals surface area (Å²) in [4.78, 5) is 83.8. The number of rotatable bonds is 14. The van der Waals surface area contributed by atoms with Gasteiger partial charge in [0.05, 0.1) is 5.92 Å². The van der Waals surface area contributed by atoms with Gasteiger partial charge in [-0.15, -0.1) is 0 Å². The summed E-state index contributed by atoms with van der Waals surface area (Å²) in [6.07, 6.45) is -6.66. The van der Waals surface area contributed by atoms with Crippen LogP contribution in [0.3, 0.4) is 0 Å². The topological polar surface area (TPSA) is 192 Å². The minimum atomic E-state index is -1.85. The Bertz CT molecular complexity index is 1040. The third kappa shape index (κ3) is 9.42. The molecule has 14 heteroatoms. The van der Waals surface area contributed by atoms with Gasteiger partial charge in [-0.1, -0.05) is 11.1 Å². The fourth-order valence-electron chi connectivity index (χ4n) is 4.97. The second-order valence-corrected chi connectivity index (χ2v) is 9.79. The highest BCUT2D eigenvalue weighted by Gasteiger charge is 2.60. The molecule has 0 saturated carbocycles. The molecule has 0 N–H and O–H groups in total. The van der Waals surface area contributed by atoms with Crippen LogP contribution in [0.25, 0.3) is 0 Å². The first kappa shape index (κ1) is 34.2. The lowest BCUT2D eigenvalue weighted by molar-refractivity contribution is -0.586. The van der Waals surface area contributed by atoms with Crippen molar-refractivity contribution >= 4 is 36.1 Å². The zero-order valence-electron chi connectivity index (χ0n) is 23.8. The van der Waals surface area contributed by atoms with Gasteiger partial charge >= 0.3 is 29.8 Å². The van der Waals surface area contributed by atoms with Crippen molar-refractivity contribution in [3.63, 3.8) is 0 Å². The van der Waals surface area contributed by atoms with Crippen LogP contribution in [-0.4, -0.2) is 77.6 Å². The molecule has 0 aromatic heterocycles. The molecule has 0 unspecified atom stereocenters. The highest BCUT2D eigenvalue weighted by Crippen LogP contribution is 2.46. The summed E-state index contributed by atoms with van der Waals surface area (Å²) in [6.45, 7) is 7.98. The van der Waals surface area contributed by atoms with E-state index < -0.39 is 77.2 Å². The first-order chi connectivity index (χ1) is 18.5. The van der Waals surface area contributed by atoms with Crippen molar-refractivity contribution in [1.29, 1.82) is 0 Å². The van der Waals surface area contributed by atoms with E-state index in [9.17, 15) is 38.9 Å². The van der Waals surface area contributed by atoms with Gasteiger partial charge < -0.3 is 28.5 Å². The second-order valence-electron chi connectivity index (χ2n) is 9.79. The van der Waals surface area contributed by atoms with Crippen molar-refractivity contribution < 1.29 is 57.4 Å².